The Hall–Kier alpha value is -3.37. The van der Waals surface area contributed by atoms with E-state index in [1.807, 2.05) is 42.5 Å². The third kappa shape index (κ3) is 7.89. The maximum absolute atomic E-state index is 10.3. The lowest BCUT2D eigenvalue weighted by Gasteiger charge is -2.14. The van der Waals surface area contributed by atoms with Crippen LogP contribution in [0.4, 0.5) is 0 Å². The van der Waals surface area contributed by atoms with Gasteiger partial charge in [0.05, 0.1) is 31.0 Å². The fourth-order valence-electron chi connectivity index (χ4n) is 3.70. The Labute approximate surface area is 201 Å². The molecule has 0 spiro atoms. The van der Waals surface area contributed by atoms with E-state index in [-0.39, 0.29) is 12.4 Å². The van der Waals surface area contributed by atoms with Crippen LogP contribution in [0.15, 0.2) is 66.7 Å². The molecule has 0 aliphatic rings. The number of rotatable bonds is 13. The Morgan fingerprint density at radius 2 is 1.76 bits per heavy atom. The molecule has 0 saturated heterocycles. The number of nitrogens with one attached hydrogen (secondary N) is 1. The second-order valence-corrected chi connectivity index (χ2v) is 8.28. The van der Waals surface area contributed by atoms with Crippen molar-refractivity contribution >= 4 is 0 Å². The average molecular weight is 461 g/mol. The smallest absolute Gasteiger partial charge is 0.121 e. The minimum atomic E-state index is -0.711. The van der Waals surface area contributed by atoms with Crippen molar-refractivity contribution in [3.8, 4) is 17.6 Å². The van der Waals surface area contributed by atoms with Crippen LogP contribution in [0, 0.1) is 11.3 Å². The molecule has 0 unspecified atom stereocenters. The number of nitriles is 1. The molecule has 0 aliphatic heterocycles. The van der Waals surface area contributed by atoms with Crippen LogP contribution in [0.25, 0.3) is 0 Å². The summed E-state index contributed by atoms with van der Waals surface area (Å²) in [6, 6.07) is 22.7. The van der Waals surface area contributed by atoms with E-state index in [0.717, 1.165) is 38.0 Å². The van der Waals surface area contributed by atoms with Gasteiger partial charge in [0.2, 0.25) is 0 Å². The highest BCUT2D eigenvalue weighted by molar-refractivity contribution is 5.36. The maximum Gasteiger partial charge on any atom is 0.121 e. The van der Waals surface area contributed by atoms with E-state index in [0.29, 0.717) is 29.8 Å². The van der Waals surface area contributed by atoms with Gasteiger partial charge in [-0.3, -0.25) is 0 Å². The first-order valence-electron chi connectivity index (χ1n) is 11.6. The van der Waals surface area contributed by atoms with Crippen LogP contribution in [-0.4, -0.2) is 35.0 Å². The van der Waals surface area contributed by atoms with Gasteiger partial charge in [0.15, 0.2) is 0 Å². The van der Waals surface area contributed by atoms with Crippen molar-refractivity contribution in [2.45, 2.75) is 38.4 Å². The van der Waals surface area contributed by atoms with E-state index in [9.17, 15) is 15.3 Å². The molecule has 0 amide bonds. The second kappa shape index (κ2) is 13.4. The van der Waals surface area contributed by atoms with Crippen molar-refractivity contribution in [3.63, 3.8) is 0 Å². The lowest BCUT2D eigenvalue weighted by Crippen LogP contribution is -2.23. The Morgan fingerprint density at radius 3 is 2.53 bits per heavy atom. The minimum absolute atomic E-state index is 0.0288. The molecule has 6 heteroatoms. The largest absolute Gasteiger partial charge is 0.508 e. The fraction of sp³-hybridized carbons (Fsp3) is 0.321. The van der Waals surface area contributed by atoms with Gasteiger partial charge in [0.1, 0.15) is 11.5 Å². The normalized spacial score (nSPS) is 11.7. The van der Waals surface area contributed by atoms with Gasteiger partial charge in [-0.15, -0.1) is 0 Å². The van der Waals surface area contributed by atoms with Crippen LogP contribution in [0.1, 0.15) is 46.8 Å². The van der Waals surface area contributed by atoms with Crippen LogP contribution >= 0.6 is 0 Å². The molecule has 0 aromatic heterocycles. The predicted octanol–water partition coefficient (Wildman–Crippen LogP) is 4.02. The van der Waals surface area contributed by atoms with Gasteiger partial charge in [-0.25, -0.2) is 0 Å². The zero-order valence-corrected chi connectivity index (χ0v) is 19.3. The number of aryl methyl sites for hydroxylation is 1. The first-order valence-corrected chi connectivity index (χ1v) is 11.6. The Morgan fingerprint density at radius 1 is 0.941 bits per heavy atom. The Bertz CT molecular complexity index is 1080. The van der Waals surface area contributed by atoms with Gasteiger partial charge >= 0.3 is 0 Å². The third-order valence-electron chi connectivity index (χ3n) is 5.69. The molecule has 0 bridgehead atoms. The molecule has 3 aromatic rings. The number of ether oxygens (including phenoxy) is 1. The van der Waals surface area contributed by atoms with Gasteiger partial charge < -0.3 is 25.4 Å². The maximum atomic E-state index is 10.3. The lowest BCUT2D eigenvalue weighted by molar-refractivity contribution is 0.174. The summed E-state index contributed by atoms with van der Waals surface area (Å²) in [6.45, 7) is 1.50. The van der Waals surface area contributed by atoms with Gasteiger partial charge in [0, 0.05) is 12.1 Å². The van der Waals surface area contributed by atoms with E-state index in [1.165, 1.54) is 17.2 Å². The second-order valence-electron chi connectivity index (χ2n) is 8.28. The first-order chi connectivity index (χ1) is 16.6. The summed E-state index contributed by atoms with van der Waals surface area (Å²) < 4.78 is 5.84. The van der Waals surface area contributed by atoms with Gasteiger partial charge in [-0.2, -0.15) is 5.26 Å². The summed E-state index contributed by atoms with van der Waals surface area (Å²) in [5, 5.41) is 41.4. The van der Waals surface area contributed by atoms with Crippen molar-refractivity contribution in [1.82, 2.24) is 5.32 Å². The summed E-state index contributed by atoms with van der Waals surface area (Å²) in [6.07, 6.45) is 3.01. The SMILES string of the molecule is N#Cc1cccc(CCCCOc2ccc(CCNC[C@@H](O)c3ccc(O)c(CO)c3)cc2)c1. The molecule has 3 aromatic carbocycles. The number of hydrogen-bond acceptors (Lipinski definition) is 6. The van der Waals surface area contributed by atoms with Gasteiger partial charge in [0.25, 0.3) is 0 Å². The number of aromatic hydroxyl groups is 1. The lowest BCUT2D eigenvalue weighted by atomic mass is 10.1. The number of aliphatic hydroxyl groups is 2. The first kappa shape index (κ1) is 25.3. The van der Waals surface area contributed by atoms with Gasteiger partial charge in [-0.05, 0) is 85.3 Å². The summed E-state index contributed by atoms with van der Waals surface area (Å²) in [4.78, 5) is 0. The molecule has 4 N–H and O–H groups in total. The van der Waals surface area contributed by atoms with Crippen molar-refractivity contribution in [3.05, 3.63) is 94.5 Å². The highest BCUT2D eigenvalue weighted by atomic mass is 16.5. The zero-order chi connectivity index (χ0) is 24.2. The minimum Gasteiger partial charge on any atom is -0.508 e. The average Bonchev–Trinajstić information content (AvgIpc) is 2.87. The number of benzene rings is 3. The number of aliphatic hydroxyl groups excluding tert-OH is 2. The molecule has 0 aliphatic carbocycles. The molecule has 6 nitrogen and oxygen atoms in total. The number of phenols is 1. The number of nitrogens with zero attached hydrogens (tertiary/aromatic N) is 1. The molecular formula is C28H32N2O4. The fourth-order valence-corrected chi connectivity index (χ4v) is 3.70. The summed E-state index contributed by atoms with van der Waals surface area (Å²) in [5.74, 6) is 0.881. The van der Waals surface area contributed by atoms with E-state index in [4.69, 9.17) is 10.00 Å². The molecule has 0 saturated carbocycles. The van der Waals surface area contributed by atoms with Crippen molar-refractivity contribution < 1.29 is 20.1 Å². The summed E-state index contributed by atoms with van der Waals surface area (Å²) >= 11 is 0. The topological polar surface area (TPSA) is 106 Å². The molecule has 3 rings (SSSR count). The van der Waals surface area contributed by atoms with Crippen LogP contribution in [0.2, 0.25) is 0 Å². The zero-order valence-electron chi connectivity index (χ0n) is 19.3. The molecule has 34 heavy (non-hydrogen) atoms. The molecular weight excluding hydrogens is 428 g/mol. The van der Waals surface area contributed by atoms with E-state index in [2.05, 4.69) is 17.5 Å². The van der Waals surface area contributed by atoms with Crippen molar-refractivity contribution in [1.29, 1.82) is 5.26 Å². The van der Waals surface area contributed by atoms with Crippen LogP contribution in [0.3, 0.4) is 0 Å². The quantitative estimate of drug-likeness (QED) is 0.287. The van der Waals surface area contributed by atoms with Crippen molar-refractivity contribution in [2.24, 2.45) is 0 Å². The highest BCUT2D eigenvalue weighted by Gasteiger charge is 2.10. The number of unbranched alkanes of at least 4 members (excludes halogenated alkanes) is 1. The molecule has 0 heterocycles. The molecule has 1 atom stereocenters. The van der Waals surface area contributed by atoms with E-state index >= 15 is 0 Å². The Kier molecular flexibility index (Phi) is 9.93. The van der Waals surface area contributed by atoms with Crippen LogP contribution in [-0.2, 0) is 19.4 Å². The standard InChI is InChI=1S/C28H32N2O4/c29-18-23-6-3-5-22(16-23)4-1-2-15-34-26-10-7-21(8-11-26)13-14-30-19-28(33)24-9-12-27(32)25(17-24)20-31/h3,5-12,16-17,28,30-33H,1-2,4,13-15,19-20H2/t28-/m1/s1. The predicted molar refractivity (Wildman–Crippen MR) is 132 cm³/mol. The van der Waals surface area contributed by atoms with E-state index in [1.54, 1.807) is 12.1 Å². The van der Waals surface area contributed by atoms with E-state index < -0.39 is 6.10 Å². The summed E-state index contributed by atoms with van der Waals surface area (Å²) in [5.41, 5.74) is 4.13. The van der Waals surface area contributed by atoms with Crippen LogP contribution < -0.4 is 10.1 Å². The molecule has 0 fully saturated rings. The van der Waals surface area contributed by atoms with Crippen molar-refractivity contribution in [2.75, 3.05) is 19.7 Å². The molecule has 0 radical (unpaired) electrons. The highest BCUT2D eigenvalue weighted by Crippen LogP contribution is 2.22. The summed E-state index contributed by atoms with van der Waals surface area (Å²) in [7, 11) is 0. The Balaban J connectivity index is 1.31. The number of hydrogen-bond donors (Lipinski definition) is 4. The third-order valence-corrected chi connectivity index (χ3v) is 5.69. The molecule has 178 valence electrons. The van der Waals surface area contributed by atoms with Crippen LogP contribution in [0.5, 0.6) is 11.5 Å². The van der Waals surface area contributed by atoms with Gasteiger partial charge in [-0.1, -0.05) is 30.3 Å². The monoisotopic (exact) mass is 460 g/mol.